The minimum absolute atomic E-state index is 0.140. The number of rotatable bonds is 6. The molecule has 0 atom stereocenters. The standard InChI is InChI=1S/C21H25N5O2S/c1-5-25-12-11-18(27)23-20(25)29-14-19(28)22-17-13-16(21(2,3)4)24-26(17)15-9-7-6-8-10-15/h6-13H,5,14H2,1-4H3,(H,22,28). The number of thioether (sulfide) groups is 1. The molecule has 3 rings (SSSR count). The molecule has 0 fully saturated rings. The average Bonchev–Trinajstić information content (AvgIpc) is 3.11. The van der Waals surface area contributed by atoms with E-state index < -0.39 is 0 Å². The molecule has 2 heterocycles. The van der Waals surface area contributed by atoms with Gasteiger partial charge in [0.15, 0.2) is 5.16 Å². The number of aryl methyl sites for hydroxylation is 1. The zero-order chi connectivity index (χ0) is 21.0. The average molecular weight is 412 g/mol. The summed E-state index contributed by atoms with van der Waals surface area (Å²) < 4.78 is 3.58. The van der Waals surface area contributed by atoms with Gasteiger partial charge < -0.3 is 9.88 Å². The SMILES string of the molecule is CCn1ccc(=O)nc1SCC(=O)Nc1cc(C(C)(C)C)nn1-c1ccccc1. The lowest BCUT2D eigenvalue weighted by Crippen LogP contribution is -2.18. The molecule has 0 saturated carbocycles. The van der Waals surface area contributed by atoms with Gasteiger partial charge in [-0.05, 0) is 19.1 Å². The van der Waals surface area contributed by atoms with Crippen molar-refractivity contribution in [2.75, 3.05) is 11.1 Å². The fourth-order valence-electron chi connectivity index (χ4n) is 2.68. The van der Waals surface area contributed by atoms with Crippen molar-refractivity contribution in [2.45, 2.75) is 44.8 Å². The van der Waals surface area contributed by atoms with Crippen molar-refractivity contribution < 1.29 is 4.79 Å². The van der Waals surface area contributed by atoms with Gasteiger partial charge in [0.1, 0.15) is 5.82 Å². The number of aromatic nitrogens is 4. The highest BCUT2D eigenvalue weighted by molar-refractivity contribution is 7.99. The number of carbonyl (C=O) groups is 1. The number of amides is 1. The van der Waals surface area contributed by atoms with Gasteiger partial charge in [0.25, 0.3) is 5.56 Å². The van der Waals surface area contributed by atoms with Crippen LogP contribution in [-0.4, -0.2) is 31.0 Å². The maximum Gasteiger partial charge on any atom is 0.273 e. The van der Waals surface area contributed by atoms with Crippen LogP contribution in [0.1, 0.15) is 33.4 Å². The normalized spacial score (nSPS) is 11.4. The molecule has 3 aromatic rings. The second-order valence-electron chi connectivity index (χ2n) is 7.58. The number of nitrogens with one attached hydrogen (secondary N) is 1. The molecule has 0 bridgehead atoms. The second-order valence-corrected chi connectivity index (χ2v) is 8.53. The van der Waals surface area contributed by atoms with Gasteiger partial charge in [0.05, 0.1) is 17.1 Å². The third-order valence-electron chi connectivity index (χ3n) is 4.27. The van der Waals surface area contributed by atoms with E-state index >= 15 is 0 Å². The lowest BCUT2D eigenvalue weighted by atomic mass is 9.92. The van der Waals surface area contributed by atoms with Crippen LogP contribution in [0.2, 0.25) is 0 Å². The van der Waals surface area contributed by atoms with Crippen LogP contribution in [-0.2, 0) is 16.8 Å². The van der Waals surface area contributed by atoms with Crippen LogP contribution in [0, 0.1) is 0 Å². The number of nitrogens with zero attached hydrogens (tertiary/aromatic N) is 4. The Hall–Kier alpha value is -2.87. The summed E-state index contributed by atoms with van der Waals surface area (Å²) in [5.74, 6) is 0.565. The molecule has 152 valence electrons. The first-order valence-electron chi connectivity index (χ1n) is 9.44. The Morgan fingerprint density at radius 3 is 2.55 bits per heavy atom. The smallest absolute Gasteiger partial charge is 0.273 e. The van der Waals surface area contributed by atoms with Crippen molar-refractivity contribution in [3.05, 3.63) is 64.7 Å². The lowest BCUT2D eigenvalue weighted by molar-refractivity contribution is -0.113. The molecule has 0 radical (unpaired) electrons. The summed E-state index contributed by atoms with van der Waals surface area (Å²) in [5.41, 5.74) is 1.29. The van der Waals surface area contributed by atoms with E-state index in [4.69, 9.17) is 5.10 Å². The van der Waals surface area contributed by atoms with E-state index in [0.717, 1.165) is 11.4 Å². The molecule has 1 N–H and O–H groups in total. The minimum atomic E-state index is -0.311. The Balaban J connectivity index is 1.80. The molecule has 0 saturated heterocycles. The van der Waals surface area contributed by atoms with E-state index in [1.165, 1.54) is 17.8 Å². The number of para-hydroxylation sites is 1. The largest absolute Gasteiger partial charge is 0.328 e. The van der Waals surface area contributed by atoms with E-state index in [1.807, 2.05) is 47.9 Å². The van der Waals surface area contributed by atoms with E-state index in [-0.39, 0.29) is 22.6 Å². The third-order valence-corrected chi connectivity index (χ3v) is 5.26. The van der Waals surface area contributed by atoms with Crippen LogP contribution in [0.25, 0.3) is 5.69 Å². The highest BCUT2D eigenvalue weighted by Gasteiger charge is 2.21. The monoisotopic (exact) mass is 411 g/mol. The Morgan fingerprint density at radius 1 is 1.17 bits per heavy atom. The molecule has 0 aliphatic rings. The third kappa shape index (κ3) is 5.14. The molecule has 1 aromatic carbocycles. The van der Waals surface area contributed by atoms with Crippen molar-refractivity contribution in [1.29, 1.82) is 0 Å². The molecule has 0 aliphatic heterocycles. The molecule has 1 amide bonds. The summed E-state index contributed by atoms with van der Waals surface area (Å²) >= 11 is 1.24. The van der Waals surface area contributed by atoms with Gasteiger partial charge in [-0.15, -0.1) is 0 Å². The zero-order valence-electron chi connectivity index (χ0n) is 17.0. The Labute approximate surface area is 174 Å². The molecule has 0 aliphatic carbocycles. The highest BCUT2D eigenvalue weighted by Crippen LogP contribution is 2.26. The van der Waals surface area contributed by atoms with Gasteiger partial charge in [-0.25, -0.2) is 4.68 Å². The molecular weight excluding hydrogens is 386 g/mol. The molecule has 0 spiro atoms. The summed E-state index contributed by atoms with van der Waals surface area (Å²) in [5, 5.41) is 8.18. The van der Waals surface area contributed by atoms with Gasteiger partial charge in [-0.2, -0.15) is 10.1 Å². The van der Waals surface area contributed by atoms with E-state index in [0.29, 0.717) is 17.5 Å². The Bertz CT molecular complexity index is 1050. The number of hydrogen-bond acceptors (Lipinski definition) is 5. The first-order chi connectivity index (χ1) is 13.8. The predicted octanol–water partition coefficient (Wildman–Crippen LogP) is 3.48. The van der Waals surface area contributed by atoms with Gasteiger partial charge in [-0.3, -0.25) is 9.59 Å². The topological polar surface area (TPSA) is 81.8 Å². The van der Waals surface area contributed by atoms with Crippen molar-refractivity contribution in [3.8, 4) is 5.69 Å². The highest BCUT2D eigenvalue weighted by atomic mass is 32.2. The molecule has 7 nitrogen and oxygen atoms in total. The molecule has 0 unspecified atom stereocenters. The second kappa shape index (κ2) is 8.65. The van der Waals surface area contributed by atoms with Gasteiger partial charge >= 0.3 is 0 Å². The van der Waals surface area contributed by atoms with E-state index in [9.17, 15) is 9.59 Å². The maximum absolute atomic E-state index is 12.6. The van der Waals surface area contributed by atoms with Gasteiger partial charge in [0.2, 0.25) is 5.91 Å². The number of hydrogen-bond donors (Lipinski definition) is 1. The van der Waals surface area contributed by atoms with Crippen LogP contribution in [0.4, 0.5) is 5.82 Å². The first-order valence-corrected chi connectivity index (χ1v) is 10.4. The predicted molar refractivity (Wildman–Crippen MR) is 116 cm³/mol. The Morgan fingerprint density at radius 2 is 1.90 bits per heavy atom. The minimum Gasteiger partial charge on any atom is -0.328 e. The summed E-state index contributed by atoms with van der Waals surface area (Å²) in [4.78, 5) is 28.2. The fraction of sp³-hybridized carbons (Fsp3) is 0.333. The van der Waals surface area contributed by atoms with Crippen molar-refractivity contribution in [2.24, 2.45) is 0 Å². The van der Waals surface area contributed by atoms with Crippen molar-refractivity contribution >= 4 is 23.5 Å². The molecule has 8 heteroatoms. The lowest BCUT2D eigenvalue weighted by Gasteiger charge is -2.14. The summed E-state index contributed by atoms with van der Waals surface area (Å²) in [6, 6.07) is 13.0. The van der Waals surface area contributed by atoms with E-state index in [2.05, 4.69) is 31.1 Å². The summed E-state index contributed by atoms with van der Waals surface area (Å²) in [6.07, 6.45) is 1.69. The fourth-order valence-corrected chi connectivity index (χ4v) is 3.52. The van der Waals surface area contributed by atoms with Crippen LogP contribution < -0.4 is 10.9 Å². The first kappa shape index (κ1) is 20.9. The summed E-state index contributed by atoms with van der Waals surface area (Å²) in [6.45, 7) is 8.88. The van der Waals surface area contributed by atoms with E-state index in [1.54, 1.807) is 10.9 Å². The molecule has 2 aromatic heterocycles. The Kier molecular flexibility index (Phi) is 6.22. The zero-order valence-corrected chi connectivity index (χ0v) is 17.9. The molecule has 29 heavy (non-hydrogen) atoms. The molecular formula is C21H25N5O2S. The van der Waals surface area contributed by atoms with Crippen molar-refractivity contribution in [3.63, 3.8) is 0 Å². The quantitative estimate of drug-likeness (QED) is 0.496. The summed E-state index contributed by atoms with van der Waals surface area (Å²) in [7, 11) is 0. The van der Waals surface area contributed by atoms with Crippen LogP contribution in [0.15, 0.2) is 58.6 Å². The van der Waals surface area contributed by atoms with Gasteiger partial charge in [-0.1, -0.05) is 50.7 Å². The number of anilines is 1. The van der Waals surface area contributed by atoms with Crippen LogP contribution >= 0.6 is 11.8 Å². The van der Waals surface area contributed by atoms with Gasteiger partial charge in [0, 0.05) is 30.3 Å². The van der Waals surface area contributed by atoms with Crippen LogP contribution in [0.5, 0.6) is 0 Å². The number of benzene rings is 1. The van der Waals surface area contributed by atoms with Crippen molar-refractivity contribution in [1.82, 2.24) is 19.3 Å². The van der Waals surface area contributed by atoms with Crippen LogP contribution in [0.3, 0.4) is 0 Å². The maximum atomic E-state index is 12.6. The number of carbonyl (C=O) groups excluding carboxylic acids is 1.